The van der Waals surface area contributed by atoms with Crippen molar-refractivity contribution in [2.24, 2.45) is 5.92 Å². The molecule has 0 bridgehead atoms. The van der Waals surface area contributed by atoms with E-state index < -0.39 is 0 Å². The topological polar surface area (TPSA) is 58.6 Å². The average molecular weight is 318 g/mol. The van der Waals surface area contributed by atoms with E-state index in [1.807, 2.05) is 0 Å². The highest BCUT2D eigenvalue weighted by molar-refractivity contribution is 5.90. The molecule has 0 aliphatic heterocycles. The lowest BCUT2D eigenvalue weighted by Crippen LogP contribution is -2.27. The van der Waals surface area contributed by atoms with Crippen molar-refractivity contribution in [2.45, 2.75) is 38.5 Å². The first kappa shape index (κ1) is 17.3. The molecule has 0 aromatic heterocycles. The molecule has 2 rings (SSSR count). The predicted octanol–water partition coefficient (Wildman–Crippen LogP) is 3.06. The molecular formula is C18H26N2O3. The van der Waals surface area contributed by atoms with Gasteiger partial charge in [-0.1, -0.05) is 19.3 Å². The van der Waals surface area contributed by atoms with Gasteiger partial charge in [0.1, 0.15) is 5.75 Å². The van der Waals surface area contributed by atoms with Crippen LogP contribution < -0.4 is 10.1 Å². The molecule has 1 aliphatic rings. The van der Waals surface area contributed by atoms with Crippen LogP contribution in [0.25, 0.3) is 0 Å². The number of carbonyl (C=O) groups excluding carboxylic acids is 2. The largest absolute Gasteiger partial charge is 0.484 e. The first-order chi connectivity index (χ1) is 11.0. The van der Waals surface area contributed by atoms with E-state index >= 15 is 0 Å². The predicted molar refractivity (Wildman–Crippen MR) is 90.5 cm³/mol. The average Bonchev–Trinajstić information content (AvgIpc) is 2.54. The van der Waals surface area contributed by atoms with E-state index in [-0.39, 0.29) is 18.4 Å². The second-order valence-electron chi connectivity index (χ2n) is 6.36. The van der Waals surface area contributed by atoms with E-state index in [0.29, 0.717) is 18.1 Å². The SMILES string of the molecule is CN(C)C(=O)COc1ccc(NC(=O)CC2CCCCC2)cc1. The highest BCUT2D eigenvalue weighted by Crippen LogP contribution is 2.26. The summed E-state index contributed by atoms with van der Waals surface area (Å²) < 4.78 is 5.41. The molecule has 1 saturated carbocycles. The van der Waals surface area contributed by atoms with Gasteiger partial charge < -0.3 is 15.0 Å². The van der Waals surface area contributed by atoms with Crippen molar-refractivity contribution in [2.75, 3.05) is 26.0 Å². The molecule has 2 amide bonds. The van der Waals surface area contributed by atoms with Crippen LogP contribution in [0.2, 0.25) is 0 Å². The number of benzene rings is 1. The van der Waals surface area contributed by atoms with E-state index in [1.54, 1.807) is 38.4 Å². The third-order valence-electron chi connectivity index (χ3n) is 4.20. The van der Waals surface area contributed by atoms with Gasteiger partial charge in [-0.05, 0) is 43.0 Å². The fraction of sp³-hybridized carbons (Fsp3) is 0.556. The van der Waals surface area contributed by atoms with E-state index in [4.69, 9.17) is 4.74 Å². The molecule has 0 spiro atoms. The Morgan fingerprint density at radius 1 is 1.13 bits per heavy atom. The standard InChI is InChI=1S/C18H26N2O3/c1-20(2)18(22)13-23-16-10-8-15(9-11-16)19-17(21)12-14-6-4-3-5-7-14/h8-11,14H,3-7,12-13H2,1-2H3,(H,19,21). The molecule has 1 aromatic rings. The van der Waals surface area contributed by atoms with Gasteiger partial charge in [-0.15, -0.1) is 0 Å². The molecule has 0 heterocycles. The Labute approximate surface area is 138 Å². The van der Waals surface area contributed by atoms with Crippen LogP contribution in [-0.2, 0) is 9.59 Å². The van der Waals surface area contributed by atoms with Crippen molar-refractivity contribution in [1.29, 1.82) is 0 Å². The molecule has 23 heavy (non-hydrogen) atoms. The minimum atomic E-state index is -0.0881. The Morgan fingerprint density at radius 3 is 2.39 bits per heavy atom. The van der Waals surface area contributed by atoms with Crippen molar-refractivity contribution in [1.82, 2.24) is 4.90 Å². The lowest BCUT2D eigenvalue weighted by Gasteiger charge is -2.20. The van der Waals surface area contributed by atoms with Crippen LogP contribution in [0.4, 0.5) is 5.69 Å². The maximum atomic E-state index is 12.1. The Balaban J connectivity index is 1.77. The van der Waals surface area contributed by atoms with Crippen LogP contribution in [-0.4, -0.2) is 37.4 Å². The van der Waals surface area contributed by atoms with Crippen molar-refractivity contribution in [3.63, 3.8) is 0 Å². The zero-order chi connectivity index (χ0) is 16.7. The van der Waals surface area contributed by atoms with E-state index in [9.17, 15) is 9.59 Å². The molecular weight excluding hydrogens is 292 g/mol. The summed E-state index contributed by atoms with van der Waals surface area (Å²) >= 11 is 0. The minimum Gasteiger partial charge on any atom is -0.484 e. The zero-order valence-corrected chi connectivity index (χ0v) is 14.0. The van der Waals surface area contributed by atoms with Gasteiger partial charge in [0.25, 0.3) is 5.91 Å². The Kier molecular flexibility index (Phi) is 6.44. The van der Waals surface area contributed by atoms with Gasteiger partial charge in [-0.3, -0.25) is 9.59 Å². The fourth-order valence-electron chi connectivity index (χ4n) is 2.77. The summed E-state index contributed by atoms with van der Waals surface area (Å²) in [6, 6.07) is 7.13. The lowest BCUT2D eigenvalue weighted by molar-refractivity contribution is -0.130. The zero-order valence-electron chi connectivity index (χ0n) is 14.0. The molecule has 0 unspecified atom stereocenters. The number of carbonyl (C=O) groups is 2. The molecule has 5 nitrogen and oxygen atoms in total. The van der Waals surface area contributed by atoms with E-state index in [1.165, 1.54) is 37.0 Å². The number of hydrogen-bond acceptors (Lipinski definition) is 3. The molecule has 0 radical (unpaired) electrons. The molecule has 1 N–H and O–H groups in total. The normalized spacial score (nSPS) is 15.0. The molecule has 1 aromatic carbocycles. The number of anilines is 1. The first-order valence-corrected chi connectivity index (χ1v) is 8.27. The number of nitrogens with one attached hydrogen (secondary N) is 1. The number of nitrogens with zero attached hydrogens (tertiary/aromatic N) is 1. The lowest BCUT2D eigenvalue weighted by atomic mass is 9.87. The van der Waals surface area contributed by atoms with Crippen molar-refractivity contribution >= 4 is 17.5 Å². The smallest absolute Gasteiger partial charge is 0.259 e. The highest BCUT2D eigenvalue weighted by Gasteiger charge is 2.17. The third-order valence-corrected chi connectivity index (χ3v) is 4.20. The number of likely N-dealkylation sites (N-methyl/N-ethyl adjacent to an activating group) is 1. The van der Waals surface area contributed by atoms with Crippen LogP contribution in [0.3, 0.4) is 0 Å². The monoisotopic (exact) mass is 318 g/mol. The maximum Gasteiger partial charge on any atom is 0.259 e. The summed E-state index contributed by atoms with van der Waals surface area (Å²) in [5.74, 6) is 1.14. The Bertz CT molecular complexity index is 520. The van der Waals surface area contributed by atoms with E-state index in [2.05, 4.69) is 5.32 Å². The highest BCUT2D eigenvalue weighted by atomic mass is 16.5. The van der Waals surface area contributed by atoms with Gasteiger partial charge >= 0.3 is 0 Å². The van der Waals surface area contributed by atoms with Crippen LogP contribution in [0.1, 0.15) is 38.5 Å². The maximum absolute atomic E-state index is 12.1. The van der Waals surface area contributed by atoms with Gasteiger partial charge in [0.05, 0.1) is 0 Å². The van der Waals surface area contributed by atoms with Crippen molar-refractivity contribution in [3.05, 3.63) is 24.3 Å². The van der Waals surface area contributed by atoms with Gasteiger partial charge in [0.15, 0.2) is 6.61 Å². The summed E-state index contributed by atoms with van der Waals surface area (Å²) in [7, 11) is 3.38. The fourth-order valence-corrected chi connectivity index (χ4v) is 2.77. The van der Waals surface area contributed by atoms with Crippen LogP contribution in [0.15, 0.2) is 24.3 Å². The molecule has 126 valence electrons. The summed E-state index contributed by atoms with van der Waals surface area (Å²) in [5.41, 5.74) is 0.761. The second kappa shape index (κ2) is 8.56. The Hall–Kier alpha value is -2.04. The first-order valence-electron chi connectivity index (χ1n) is 8.27. The van der Waals surface area contributed by atoms with Crippen LogP contribution in [0, 0.1) is 5.92 Å². The third kappa shape index (κ3) is 5.93. The number of hydrogen-bond donors (Lipinski definition) is 1. The Morgan fingerprint density at radius 2 is 1.78 bits per heavy atom. The summed E-state index contributed by atoms with van der Waals surface area (Å²) in [6.45, 7) is 0.0143. The summed E-state index contributed by atoms with van der Waals surface area (Å²) in [4.78, 5) is 25.0. The molecule has 1 fully saturated rings. The van der Waals surface area contributed by atoms with Gasteiger partial charge in [-0.2, -0.15) is 0 Å². The van der Waals surface area contributed by atoms with Crippen molar-refractivity contribution in [3.8, 4) is 5.75 Å². The van der Waals surface area contributed by atoms with Crippen LogP contribution in [0.5, 0.6) is 5.75 Å². The quantitative estimate of drug-likeness (QED) is 0.877. The molecule has 1 aliphatic carbocycles. The summed E-state index contributed by atoms with van der Waals surface area (Å²) in [6.07, 6.45) is 6.73. The molecule has 0 saturated heterocycles. The van der Waals surface area contributed by atoms with Crippen molar-refractivity contribution < 1.29 is 14.3 Å². The second-order valence-corrected chi connectivity index (χ2v) is 6.36. The number of rotatable bonds is 6. The van der Waals surface area contributed by atoms with Gasteiger partial charge in [0, 0.05) is 26.2 Å². The molecule has 0 atom stereocenters. The van der Waals surface area contributed by atoms with E-state index in [0.717, 1.165) is 5.69 Å². The number of amides is 2. The van der Waals surface area contributed by atoms with Crippen LogP contribution >= 0.6 is 0 Å². The molecule has 5 heteroatoms. The summed E-state index contributed by atoms with van der Waals surface area (Å²) in [5, 5.41) is 2.93. The van der Waals surface area contributed by atoms with Gasteiger partial charge in [0.2, 0.25) is 5.91 Å². The minimum absolute atomic E-state index is 0.0143. The van der Waals surface area contributed by atoms with Gasteiger partial charge in [-0.25, -0.2) is 0 Å². The number of ether oxygens (including phenoxy) is 1.